The Morgan fingerprint density at radius 2 is 1.42 bits per heavy atom. The molecule has 1 rings (SSSR count). The predicted molar refractivity (Wildman–Crippen MR) is 94.8 cm³/mol. The first-order chi connectivity index (χ1) is 11.3. The van der Waals surface area contributed by atoms with Crippen LogP contribution >= 0.6 is 0 Å². The Morgan fingerprint density at radius 1 is 0.875 bits per heavy atom. The Bertz CT molecular complexity index is 501. The van der Waals surface area contributed by atoms with E-state index >= 15 is 0 Å². The zero-order chi connectivity index (χ0) is 18.3. The quantitative estimate of drug-likeness (QED) is 0.627. The Balaban J connectivity index is 3.18. The minimum Gasteiger partial charge on any atom is -0.504 e. The van der Waals surface area contributed by atoms with Gasteiger partial charge in [0, 0.05) is 13.2 Å². The lowest BCUT2D eigenvalue weighted by atomic mass is 9.90. The molecule has 3 atom stereocenters. The third-order valence-electron chi connectivity index (χ3n) is 3.96. The molecule has 0 amide bonds. The number of phenols is 1. The molecule has 3 unspecified atom stereocenters. The topological polar surface area (TPSA) is 57.2 Å². The first kappa shape index (κ1) is 20.6. The lowest BCUT2D eigenvalue weighted by Gasteiger charge is -2.23. The molecule has 0 aliphatic carbocycles. The third kappa shape index (κ3) is 5.87. The monoisotopic (exact) mass is 340 g/mol. The molecule has 0 spiro atoms. The van der Waals surface area contributed by atoms with Gasteiger partial charge in [0.25, 0.3) is 0 Å². The van der Waals surface area contributed by atoms with Crippen molar-refractivity contribution >= 4 is 0 Å². The molecule has 138 valence electrons. The standard InChI is InChI=1S/C19H32O5/c1-8-21-14(6)23-18-11-16(13(5)12(3)4)10-17(20)19(18)24-15(7)22-9-2/h10-15,20H,8-9H2,1-7H3. The van der Waals surface area contributed by atoms with Crippen molar-refractivity contribution in [2.24, 2.45) is 5.92 Å². The summed E-state index contributed by atoms with van der Waals surface area (Å²) in [5.41, 5.74) is 0.998. The highest BCUT2D eigenvalue weighted by molar-refractivity contribution is 5.54. The van der Waals surface area contributed by atoms with Gasteiger partial charge in [-0.05, 0) is 57.2 Å². The van der Waals surface area contributed by atoms with Crippen molar-refractivity contribution in [2.45, 2.75) is 67.0 Å². The average molecular weight is 340 g/mol. The van der Waals surface area contributed by atoms with E-state index in [9.17, 15) is 5.11 Å². The minimum absolute atomic E-state index is 0.0465. The summed E-state index contributed by atoms with van der Waals surface area (Å²) in [6, 6.07) is 3.64. The van der Waals surface area contributed by atoms with Crippen molar-refractivity contribution < 1.29 is 24.1 Å². The molecule has 0 saturated heterocycles. The van der Waals surface area contributed by atoms with Crippen LogP contribution < -0.4 is 9.47 Å². The van der Waals surface area contributed by atoms with E-state index in [-0.39, 0.29) is 17.4 Å². The highest BCUT2D eigenvalue weighted by atomic mass is 16.7. The molecule has 1 aromatic rings. The molecule has 5 nitrogen and oxygen atoms in total. The average Bonchev–Trinajstić information content (AvgIpc) is 2.50. The maximum absolute atomic E-state index is 10.5. The summed E-state index contributed by atoms with van der Waals surface area (Å²) < 4.78 is 22.4. The number of benzene rings is 1. The van der Waals surface area contributed by atoms with E-state index in [1.54, 1.807) is 13.0 Å². The zero-order valence-electron chi connectivity index (χ0n) is 16.0. The Kier molecular flexibility index (Phi) is 8.36. The normalized spacial score (nSPS) is 15.2. The number of phenolic OH excluding ortho intramolecular Hbond substituents is 1. The van der Waals surface area contributed by atoms with Crippen molar-refractivity contribution in [3.05, 3.63) is 17.7 Å². The molecule has 0 aliphatic rings. The Hall–Kier alpha value is -1.46. The smallest absolute Gasteiger partial charge is 0.206 e. The van der Waals surface area contributed by atoms with Gasteiger partial charge in [-0.3, -0.25) is 0 Å². The van der Waals surface area contributed by atoms with Crippen LogP contribution in [-0.4, -0.2) is 30.9 Å². The molecular weight excluding hydrogens is 308 g/mol. The van der Waals surface area contributed by atoms with Crippen LogP contribution in [-0.2, 0) is 9.47 Å². The lowest BCUT2D eigenvalue weighted by molar-refractivity contribution is -0.0774. The molecule has 0 saturated carbocycles. The van der Waals surface area contributed by atoms with E-state index in [0.29, 0.717) is 24.9 Å². The SMILES string of the molecule is CCOC(C)Oc1cc(C(C)C(C)C)cc(O)c1OC(C)OCC. The second-order valence-corrected chi connectivity index (χ2v) is 6.18. The van der Waals surface area contributed by atoms with Gasteiger partial charge in [-0.1, -0.05) is 20.8 Å². The number of ether oxygens (including phenoxy) is 4. The van der Waals surface area contributed by atoms with Gasteiger partial charge in [-0.25, -0.2) is 0 Å². The second kappa shape index (κ2) is 9.74. The van der Waals surface area contributed by atoms with E-state index < -0.39 is 12.6 Å². The molecule has 5 heteroatoms. The van der Waals surface area contributed by atoms with E-state index in [4.69, 9.17) is 18.9 Å². The summed E-state index contributed by atoms with van der Waals surface area (Å²) in [5.74, 6) is 1.51. The molecule has 0 fully saturated rings. The fourth-order valence-corrected chi connectivity index (χ4v) is 2.34. The second-order valence-electron chi connectivity index (χ2n) is 6.18. The summed E-state index contributed by atoms with van der Waals surface area (Å²) in [6.45, 7) is 14.9. The summed E-state index contributed by atoms with van der Waals surface area (Å²) >= 11 is 0. The van der Waals surface area contributed by atoms with Gasteiger partial charge in [0.05, 0.1) is 0 Å². The Morgan fingerprint density at radius 3 is 1.92 bits per heavy atom. The highest BCUT2D eigenvalue weighted by Gasteiger charge is 2.21. The minimum atomic E-state index is -0.487. The van der Waals surface area contributed by atoms with Crippen molar-refractivity contribution in [3.63, 3.8) is 0 Å². The molecular formula is C19H32O5. The van der Waals surface area contributed by atoms with Crippen molar-refractivity contribution in [2.75, 3.05) is 13.2 Å². The molecule has 0 radical (unpaired) electrons. The zero-order valence-corrected chi connectivity index (χ0v) is 16.0. The van der Waals surface area contributed by atoms with Gasteiger partial charge in [0.2, 0.25) is 5.75 Å². The maximum atomic E-state index is 10.5. The molecule has 0 bridgehead atoms. The molecule has 0 aromatic heterocycles. The summed E-state index contributed by atoms with van der Waals surface area (Å²) in [6.07, 6.45) is -0.928. The highest BCUT2D eigenvalue weighted by Crippen LogP contribution is 2.42. The number of hydrogen-bond acceptors (Lipinski definition) is 5. The van der Waals surface area contributed by atoms with Crippen molar-refractivity contribution in [1.29, 1.82) is 0 Å². The largest absolute Gasteiger partial charge is 0.504 e. The first-order valence-corrected chi connectivity index (χ1v) is 8.73. The number of rotatable bonds is 10. The summed E-state index contributed by atoms with van der Waals surface area (Å²) in [7, 11) is 0. The van der Waals surface area contributed by atoms with Crippen LogP contribution in [0.1, 0.15) is 59.9 Å². The fourth-order valence-electron chi connectivity index (χ4n) is 2.34. The van der Waals surface area contributed by atoms with Crippen LogP contribution in [0.15, 0.2) is 12.1 Å². The molecule has 1 aromatic carbocycles. The van der Waals surface area contributed by atoms with E-state index in [1.165, 1.54) is 0 Å². The van der Waals surface area contributed by atoms with Crippen LogP contribution in [0.2, 0.25) is 0 Å². The van der Waals surface area contributed by atoms with Gasteiger partial charge in [-0.2, -0.15) is 0 Å². The predicted octanol–water partition coefficient (Wildman–Crippen LogP) is 4.67. The van der Waals surface area contributed by atoms with Crippen LogP contribution in [0.25, 0.3) is 0 Å². The summed E-state index contributed by atoms with van der Waals surface area (Å²) in [4.78, 5) is 0. The van der Waals surface area contributed by atoms with Crippen molar-refractivity contribution in [1.82, 2.24) is 0 Å². The molecule has 1 N–H and O–H groups in total. The van der Waals surface area contributed by atoms with Gasteiger partial charge < -0.3 is 24.1 Å². The van der Waals surface area contributed by atoms with E-state index in [1.807, 2.05) is 26.8 Å². The maximum Gasteiger partial charge on any atom is 0.206 e. The molecule has 24 heavy (non-hydrogen) atoms. The van der Waals surface area contributed by atoms with Crippen molar-refractivity contribution in [3.8, 4) is 17.2 Å². The third-order valence-corrected chi connectivity index (χ3v) is 3.96. The van der Waals surface area contributed by atoms with Crippen LogP contribution in [0.4, 0.5) is 0 Å². The fraction of sp³-hybridized carbons (Fsp3) is 0.684. The van der Waals surface area contributed by atoms with E-state index in [0.717, 1.165) is 5.56 Å². The van der Waals surface area contributed by atoms with Gasteiger partial charge >= 0.3 is 0 Å². The molecule has 0 aliphatic heterocycles. The first-order valence-electron chi connectivity index (χ1n) is 8.73. The summed E-state index contributed by atoms with van der Waals surface area (Å²) in [5, 5.41) is 10.5. The number of hydrogen-bond donors (Lipinski definition) is 1. The lowest BCUT2D eigenvalue weighted by Crippen LogP contribution is -2.20. The van der Waals surface area contributed by atoms with Crippen LogP contribution in [0, 0.1) is 5.92 Å². The van der Waals surface area contributed by atoms with Crippen LogP contribution in [0.5, 0.6) is 17.2 Å². The van der Waals surface area contributed by atoms with Gasteiger partial charge in [0.1, 0.15) is 0 Å². The molecule has 0 heterocycles. The Labute approximate surface area is 145 Å². The van der Waals surface area contributed by atoms with Gasteiger partial charge in [0.15, 0.2) is 24.1 Å². The van der Waals surface area contributed by atoms with E-state index in [2.05, 4.69) is 20.8 Å². The number of aromatic hydroxyl groups is 1. The van der Waals surface area contributed by atoms with Gasteiger partial charge in [-0.15, -0.1) is 0 Å². The van der Waals surface area contributed by atoms with Crippen LogP contribution in [0.3, 0.4) is 0 Å².